The molecule has 0 amide bonds. The van der Waals surface area contributed by atoms with Gasteiger partial charge in [0.15, 0.2) is 0 Å². The topological polar surface area (TPSA) is 25.2 Å². The van der Waals surface area contributed by atoms with Crippen LogP contribution in [0.1, 0.15) is 33.3 Å². The van der Waals surface area contributed by atoms with E-state index >= 15 is 0 Å². The molecule has 1 heterocycles. The molecule has 0 saturated carbocycles. The Morgan fingerprint density at radius 1 is 1.25 bits per heavy atom. The van der Waals surface area contributed by atoms with Crippen molar-refractivity contribution in [3.63, 3.8) is 0 Å². The van der Waals surface area contributed by atoms with Crippen molar-refractivity contribution < 1.29 is 0 Å². The fraction of sp³-hybridized carbons (Fsp3) is 0.286. The first-order valence-corrected chi connectivity index (χ1v) is 5.31. The highest BCUT2D eigenvalue weighted by Gasteiger charge is 1.99. The number of aromatic nitrogens is 1. The van der Waals surface area contributed by atoms with Gasteiger partial charge < -0.3 is 0 Å². The molecular formula is C14H18N2. The van der Waals surface area contributed by atoms with Gasteiger partial charge in [-0.1, -0.05) is 18.2 Å². The zero-order valence-electron chi connectivity index (χ0n) is 10.4. The Balaban J connectivity index is 3.03. The van der Waals surface area contributed by atoms with Gasteiger partial charge in [-0.3, -0.25) is 9.98 Å². The summed E-state index contributed by atoms with van der Waals surface area (Å²) in [6.45, 7) is 11.9. The van der Waals surface area contributed by atoms with Gasteiger partial charge in [0, 0.05) is 29.4 Å². The van der Waals surface area contributed by atoms with Crippen LogP contribution in [0.25, 0.3) is 0 Å². The predicted octanol–water partition coefficient (Wildman–Crippen LogP) is 3.76. The van der Waals surface area contributed by atoms with Gasteiger partial charge in [-0.25, -0.2) is 0 Å². The van der Waals surface area contributed by atoms with E-state index in [0.29, 0.717) is 0 Å². The molecule has 0 aromatic carbocycles. The quantitative estimate of drug-likeness (QED) is 0.555. The molecule has 0 saturated heterocycles. The molecule has 0 aliphatic carbocycles. The van der Waals surface area contributed by atoms with E-state index in [-0.39, 0.29) is 0 Å². The summed E-state index contributed by atoms with van der Waals surface area (Å²) < 4.78 is 0. The van der Waals surface area contributed by atoms with Gasteiger partial charge in [0.2, 0.25) is 0 Å². The van der Waals surface area contributed by atoms with Crippen LogP contribution in [0, 0.1) is 0 Å². The van der Waals surface area contributed by atoms with Crippen LogP contribution in [0.15, 0.2) is 52.9 Å². The molecule has 1 aromatic rings. The predicted molar refractivity (Wildman–Crippen MR) is 69.6 cm³/mol. The molecule has 2 heteroatoms. The first-order valence-electron chi connectivity index (χ1n) is 5.31. The Bertz CT molecular complexity index is 439. The molecular weight excluding hydrogens is 196 g/mol. The second-order valence-electron chi connectivity index (χ2n) is 3.93. The first kappa shape index (κ1) is 12.4. The van der Waals surface area contributed by atoms with Crippen molar-refractivity contribution >= 4 is 5.71 Å². The van der Waals surface area contributed by atoms with Crippen LogP contribution in [0.5, 0.6) is 0 Å². The molecule has 0 fully saturated rings. The number of allylic oxidation sites excluding steroid dienone is 3. The third-order valence-corrected chi connectivity index (χ3v) is 2.60. The van der Waals surface area contributed by atoms with E-state index in [1.165, 1.54) is 0 Å². The van der Waals surface area contributed by atoms with Crippen LogP contribution in [-0.4, -0.2) is 10.7 Å². The number of hydrogen-bond donors (Lipinski definition) is 0. The molecule has 1 rings (SSSR count). The summed E-state index contributed by atoms with van der Waals surface area (Å²) in [6, 6.07) is 3.92. The number of rotatable bonds is 3. The normalized spacial score (nSPS) is 13.4. The summed E-state index contributed by atoms with van der Waals surface area (Å²) in [7, 11) is 0. The van der Waals surface area contributed by atoms with E-state index in [9.17, 15) is 0 Å². The summed E-state index contributed by atoms with van der Waals surface area (Å²) in [5.41, 5.74) is 5.24. The maximum atomic E-state index is 4.56. The second-order valence-corrected chi connectivity index (χ2v) is 3.93. The molecule has 0 unspecified atom stereocenters. The minimum absolute atomic E-state index is 0.978. The number of aliphatic imine (C=N–C) groups is 1. The van der Waals surface area contributed by atoms with Gasteiger partial charge in [-0.15, -0.1) is 0 Å². The highest BCUT2D eigenvalue weighted by Crippen LogP contribution is 2.14. The zero-order chi connectivity index (χ0) is 12.1. The number of hydrogen-bond acceptors (Lipinski definition) is 2. The Morgan fingerprint density at radius 2 is 1.94 bits per heavy atom. The third kappa shape index (κ3) is 3.16. The molecule has 0 aliphatic heterocycles. The Morgan fingerprint density at radius 3 is 2.44 bits per heavy atom. The molecule has 0 atom stereocenters. The molecule has 0 bridgehead atoms. The van der Waals surface area contributed by atoms with Crippen molar-refractivity contribution in [3.05, 3.63) is 53.5 Å². The zero-order valence-corrected chi connectivity index (χ0v) is 10.4. The van der Waals surface area contributed by atoms with E-state index in [4.69, 9.17) is 0 Å². The van der Waals surface area contributed by atoms with E-state index in [2.05, 4.69) is 16.6 Å². The van der Waals surface area contributed by atoms with E-state index < -0.39 is 0 Å². The summed E-state index contributed by atoms with van der Waals surface area (Å²) in [6.07, 6.45) is 3.58. The lowest BCUT2D eigenvalue weighted by atomic mass is 10.1. The maximum absolute atomic E-state index is 4.56. The summed E-state index contributed by atoms with van der Waals surface area (Å²) in [5, 5.41) is 0. The Hall–Kier alpha value is -1.70. The van der Waals surface area contributed by atoms with Crippen molar-refractivity contribution in [1.29, 1.82) is 0 Å². The van der Waals surface area contributed by atoms with Gasteiger partial charge >= 0.3 is 0 Å². The van der Waals surface area contributed by atoms with Crippen LogP contribution in [-0.2, 0) is 0 Å². The van der Waals surface area contributed by atoms with Crippen LogP contribution in [0.4, 0.5) is 0 Å². The smallest absolute Gasteiger partial charge is 0.0463 e. The lowest BCUT2D eigenvalue weighted by Gasteiger charge is -2.05. The van der Waals surface area contributed by atoms with Gasteiger partial charge in [-0.2, -0.15) is 0 Å². The summed E-state index contributed by atoms with van der Waals surface area (Å²) in [5.74, 6) is 0. The van der Waals surface area contributed by atoms with Crippen LogP contribution in [0.3, 0.4) is 0 Å². The van der Waals surface area contributed by atoms with Crippen molar-refractivity contribution in [1.82, 2.24) is 4.98 Å². The third-order valence-electron chi connectivity index (χ3n) is 2.60. The lowest BCUT2D eigenvalue weighted by Crippen LogP contribution is -1.96. The molecule has 84 valence electrons. The molecule has 0 radical (unpaired) electrons. The summed E-state index contributed by atoms with van der Waals surface area (Å²) >= 11 is 0. The van der Waals surface area contributed by atoms with E-state index in [1.807, 2.05) is 46.0 Å². The molecule has 0 spiro atoms. The monoisotopic (exact) mass is 214 g/mol. The highest BCUT2D eigenvalue weighted by atomic mass is 14.8. The average Bonchev–Trinajstić information content (AvgIpc) is 2.28. The fourth-order valence-corrected chi connectivity index (χ4v) is 1.29. The van der Waals surface area contributed by atoms with Gasteiger partial charge in [0.25, 0.3) is 0 Å². The van der Waals surface area contributed by atoms with Gasteiger partial charge in [0.1, 0.15) is 0 Å². The summed E-state index contributed by atoms with van der Waals surface area (Å²) in [4.78, 5) is 8.64. The lowest BCUT2D eigenvalue weighted by molar-refractivity contribution is 1.18. The van der Waals surface area contributed by atoms with Crippen LogP contribution >= 0.6 is 0 Å². The Kier molecular flexibility index (Phi) is 4.18. The van der Waals surface area contributed by atoms with E-state index in [0.717, 1.165) is 28.1 Å². The molecule has 16 heavy (non-hydrogen) atoms. The number of pyridine rings is 1. The van der Waals surface area contributed by atoms with Crippen LogP contribution < -0.4 is 0 Å². The van der Waals surface area contributed by atoms with Gasteiger partial charge in [-0.05, 0) is 39.3 Å². The van der Waals surface area contributed by atoms with Crippen molar-refractivity contribution in [2.75, 3.05) is 0 Å². The second kappa shape index (κ2) is 5.40. The van der Waals surface area contributed by atoms with E-state index in [1.54, 1.807) is 6.20 Å². The molecule has 1 aromatic heterocycles. The van der Waals surface area contributed by atoms with Crippen molar-refractivity contribution in [3.8, 4) is 0 Å². The molecule has 0 aliphatic rings. The van der Waals surface area contributed by atoms with Crippen molar-refractivity contribution in [2.45, 2.75) is 27.7 Å². The Labute approximate surface area is 97.5 Å². The number of nitrogens with zero attached hydrogens (tertiary/aromatic N) is 2. The first-order chi connectivity index (χ1) is 7.52. The SMILES string of the molecule is C=C(C)/C(C)=C(C)/N=C(\C)c1cccnc1. The van der Waals surface area contributed by atoms with Crippen molar-refractivity contribution in [2.24, 2.45) is 4.99 Å². The van der Waals surface area contributed by atoms with Gasteiger partial charge in [0.05, 0.1) is 0 Å². The molecule has 2 nitrogen and oxygen atoms in total. The molecule has 0 N–H and O–H groups in total. The average molecular weight is 214 g/mol. The standard InChI is InChI=1S/C14H18N2/c1-10(2)11(3)12(4)16-13(5)14-7-6-8-15-9-14/h6-9H,1H2,2-5H3/b12-11+,16-13+. The van der Waals surface area contributed by atoms with Crippen LogP contribution in [0.2, 0.25) is 0 Å². The minimum Gasteiger partial charge on any atom is -0.264 e. The highest BCUT2D eigenvalue weighted by molar-refractivity contribution is 5.99. The maximum Gasteiger partial charge on any atom is 0.0463 e. The fourth-order valence-electron chi connectivity index (χ4n) is 1.29. The largest absolute Gasteiger partial charge is 0.264 e. The minimum atomic E-state index is 0.978.